The van der Waals surface area contributed by atoms with Gasteiger partial charge in [0.15, 0.2) is 0 Å². The topological polar surface area (TPSA) is 66.4 Å². The predicted octanol–water partition coefficient (Wildman–Crippen LogP) is 3.76. The van der Waals surface area contributed by atoms with E-state index in [-0.39, 0.29) is 31.2 Å². The van der Waals surface area contributed by atoms with E-state index in [0.717, 1.165) is 0 Å². The fourth-order valence-corrected chi connectivity index (χ4v) is 2.29. The van der Waals surface area contributed by atoms with Gasteiger partial charge in [-0.25, -0.2) is 0 Å². The third-order valence-electron chi connectivity index (χ3n) is 2.62. The Morgan fingerprint density at radius 1 is 1.15 bits per heavy atom. The number of carbonyl (C=O) groups excluding carboxylic acids is 1. The van der Waals surface area contributed by atoms with Crippen molar-refractivity contribution in [3.63, 3.8) is 0 Å². The molecule has 0 radical (unpaired) electrons. The summed E-state index contributed by atoms with van der Waals surface area (Å²) in [4.78, 5) is 22.2. The Bertz CT molecular complexity index is 520. The van der Waals surface area contributed by atoms with Crippen LogP contribution in [0, 0.1) is 5.92 Å². The summed E-state index contributed by atoms with van der Waals surface area (Å²) < 4.78 is 0. The molecule has 4 nitrogen and oxygen atoms in total. The van der Waals surface area contributed by atoms with Crippen molar-refractivity contribution in [3.8, 4) is 0 Å². The van der Waals surface area contributed by atoms with Crippen LogP contribution in [0.5, 0.6) is 0 Å². The molecule has 1 aromatic rings. The Morgan fingerprint density at radius 3 is 2.35 bits per heavy atom. The lowest BCUT2D eigenvalue weighted by Crippen LogP contribution is -2.25. The summed E-state index contributed by atoms with van der Waals surface area (Å²) in [5.74, 6) is -1.38. The number of amides is 1. The van der Waals surface area contributed by atoms with Crippen molar-refractivity contribution in [2.45, 2.75) is 26.3 Å². The minimum absolute atomic E-state index is 0.0407. The van der Waals surface area contributed by atoms with Gasteiger partial charge in [0.2, 0.25) is 5.91 Å². The van der Waals surface area contributed by atoms with Gasteiger partial charge in [-0.2, -0.15) is 0 Å². The second-order valence-corrected chi connectivity index (χ2v) is 5.76. The number of benzene rings is 1. The lowest BCUT2D eigenvalue weighted by Gasteiger charge is -2.11. The number of halogens is 3. The smallest absolute Gasteiger partial charge is 0.303 e. The molecule has 1 atom stereocenters. The predicted molar refractivity (Wildman–Crippen MR) is 79.4 cm³/mol. The maximum Gasteiger partial charge on any atom is 0.303 e. The van der Waals surface area contributed by atoms with Gasteiger partial charge in [-0.15, -0.1) is 0 Å². The molecule has 0 fully saturated rings. The molecule has 0 aliphatic rings. The van der Waals surface area contributed by atoms with E-state index < -0.39 is 5.97 Å². The standard InChI is InChI=1S/C13H14Cl3NO3/c1-7(3-13(19)20)2-12(18)17-6-8-4-10(15)11(16)5-9(8)14/h4-5,7H,2-3,6H2,1H3,(H,17,18)(H,19,20). The maximum atomic E-state index is 11.7. The number of hydrogen-bond donors (Lipinski definition) is 2. The second-order valence-electron chi connectivity index (χ2n) is 4.54. The first-order valence-corrected chi connectivity index (χ1v) is 7.05. The van der Waals surface area contributed by atoms with Crippen LogP contribution in [-0.2, 0) is 16.1 Å². The highest BCUT2D eigenvalue weighted by molar-refractivity contribution is 6.43. The van der Waals surface area contributed by atoms with Crippen molar-refractivity contribution < 1.29 is 14.7 Å². The molecule has 0 aromatic heterocycles. The fraction of sp³-hybridized carbons (Fsp3) is 0.385. The number of carboxylic acid groups (broad SMARTS) is 1. The number of carbonyl (C=O) groups is 2. The van der Waals surface area contributed by atoms with Gasteiger partial charge in [0.05, 0.1) is 10.0 Å². The normalized spacial score (nSPS) is 12.0. The van der Waals surface area contributed by atoms with Crippen molar-refractivity contribution in [2.75, 3.05) is 0 Å². The third-order valence-corrected chi connectivity index (χ3v) is 3.70. The largest absolute Gasteiger partial charge is 0.481 e. The number of hydrogen-bond acceptors (Lipinski definition) is 2. The SMILES string of the molecule is CC(CC(=O)O)CC(=O)NCc1cc(Cl)c(Cl)cc1Cl. The van der Waals surface area contributed by atoms with Gasteiger partial charge in [-0.05, 0) is 23.6 Å². The Kier molecular flexibility index (Phi) is 6.59. The van der Waals surface area contributed by atoms with Crippen molar-refractivity contribution in [2.24, 2.45) is 5.92 Å². The van der Waals surface area contributed by atoms with Crippen LogP contribution in [0.25, 0.3) is 0 Å². The molecule has 0 aliphatic heterocycles. The quantitative estimate of drug-likeness (QED) is 0.776. The van der Waals surface area contributed by atoms with Crippen molar-refractivity contribution in [1.29, 1.82) is 0 Å². The van der Waals surface area contributed by atoms with Gasteiger partial charge in [0, 0.05) is 24.4 Å². The first-order valence-electron chi connectivity index (χ1n) is 5.91. The van der Waals surface area contributed by atoms with Gasteiger partial charge in [0.25, 0.3) is 0 Å². The second kappa shape index (κ2) is 7.72. The molecular weight excluding hydrogens is 325 g/mol. The minimum atomic E-state index is -0.919. The maximum absolute atomic E-state index is 11.7. The van der Waals surface area contributed by atoms with Crippen LogP contribution in [0.1, 0.15) is 25.3 Å². The summed E-state index contributed by atoms with van der Waals surface area (Å²) >= 11 is 17.7. The Morgan fingerprint density at radius 2 is 1.75 bits per heavy atom. The molecule has 0 heterocycles. The van der Waals surface area contributed by atoms with Crippen LogP contribution in [0.4, 0.5) is 0 Å². The summed E-state index contributed by atoms with van der Waals surface area (Å²) in [7, 11) is 0. The highest BCUT2D eigenvalue weighted by Crippen LogP contribution is 2.28. The van der Waals surface area contributed by atoms with Crippen molar-refractivity contribution in [1.82, 2.24) is 5.32 Å². The van der Waals surface area contributed by atoms with Gasteiger partial charge in [-0.1, -0.05) is 41.7 Å². The molecule has 0 saturated carbocycles. The van der Waals surface area contributed by atoms with Crippen LogP contribution in [0.2, 0.25) is 15.1 Å². The van der Waals surface area contributed by atoms with E-state index in [1.165, 1.54) is 6.07 Å². The molecule has 1 unspecified atom stereocenters. The first kappa shape index (κ1) is 17.1. The summed E-state index contributed by atoms with van der Waals surface area (Å²) in [5, 5.41) is 12.4. The molecule has 2 N–H and O–H groups in total. The third kappa shape index (κ3) is 5.57. The lowest BCUT2D eigenvalue weighted by atomic mass is 10.0. The van der Waals surface area contributed by atoms with E-state index >= 15 is 0 Å². The van der Waals surface area contributed by atoms with Crippen molar-refractivity contribution >= 4 is 46.7 Å². The molecule has 20 heavy (non-hydrogen) atoms. The van der Waals surface area contributed by atoms with E-state index in [2.05, 4.69) is 5.32 Å². The molecule has 110 valence electrons. The number of nitrogens with one attached hydrogen (secondary N) is 1. The summed E-state index contributed by atoms with van der Waals surface area (Å²) in [6.45, 7) is 1.92. The molecule has 0 spiro atoms. The zero-order valence-corrected chi connectivity index (χ0v) is 13.0. The zero-order chi connectivity index (χ0) is 15.3. The van der Waals surface area contributed by atoms with Crippen LogP contribution < -0.4 is 5.32 Å². The summed E-state index contributed by atoms with van der Waals surface area (Å²) in [6.07, 6.45) is 0.103. The van der Waals surface area contributed by atoms with E-state index in [1.807, 2.05) is 0 Å². The average Bonchev–Trinajstić information content (AvgIpc) is 2.30. The Labute approximate surface area is 132 Å². The minimum Gasteiger partial charge on any atom is -0.481 e. The van der Waals surface area contributed by atoms with Gasteiger partial charge >= 0.3 is 5.97 Å². The van der Waals surface area contributed by atoms with Gasteiger partial charge in [0.1, 0.15) is 0 Å². The monoisotopic (exact) mass is 337 g/mol. The van der Waals surface area contributed by atoms with E-state index in [4.69, 9.17) is 39.9 Å². The van der Waals surface area contributed by atoms with Crippen molar-refractivity contribution in [3.05, 3.63) is 32.8 Å². The molecule has 0 saturated heterocycles. The molecule has 1 aromatic carbocycles. The summed E-state index contributed by atoms with van der Waals surface area (Å²) in [6, 6.07) is 3.10. The highest BCUT2D eigenvalue weighted by Gasteiger charge is 2.13. The molecule has 1 amide bonds. The molecule has 0 aliphatic carbocycles. The number of rotatable bonds is 6. The first-order chi connectivity index (χ1) is 9.29. The number of aliphatic carboxylic acids is 1. The van der Waals surface area contributed by atoms with E-state index in [1.54, 1.807) is 13.0 Å². The van der Waals surface area contributed by atoms with Crippen LogP contribution in [-0.4, -0.2) is 17.0 Å². The van der Waals surface area contributed by atoms with Gasteiger partial charge < -0.3 is 10.4 Å². The molecule has 7 heteroatoms. The highest BCUT2D eigenvalue weighted by atomic mass is 35.5. The molecule has 1 rings (SSSR count). The fourth-order valence-electron chi connectivity index (χ4n) is 1.65. The zero-order valence-electron chi connectivity index (χ0n) is 10.8. The summed E-state index contributed by atoms with van der Waals surface area (Å²) in [5.41, 5.74) is 0.653. The lowest BCUT2D eigenvalue weighted by molar-refractivity contribution is -0.138. The Hall–Kier alpha value is -0.970. The van der Waals surface area contributed by atoms with E-state index in [9.17, 15) is 9.59 Å². The van der Waals surface area contributed by atoms with Crippen LogP contribution >= 0.6 is 34.8 Å². The van der Waals surface area contributed by atoms with Crippen LogP contribution in [0.3, 0.4) is 0 Å². The molecule has 0 bridgehead atoms. The number of carboxylic acids is 1. The Balaban J connectivity index is 2.53. The molecular formula is C13H14Cl3NO3. The van der Waals surface area contributed by atoms with Gasteiger partial charge in [-0.3, -0.25) is 9.59 Å². The van der Waals surface area contributed by atoms with E-state index in [0.29, 0.717) is 20.6 Å². The van der Waals surface area contributed by atoms with Crippen LogP contribution in [0.15, 0.2) is 12.1 Å². The average molecular weight is 339 g/mol.